The highest BCUT2D eigenvalue weighted by molar-refractivity contribution is 7.11. The molecule has 0 spiro atoms. The van der Waals surface area contributed by atoms with E-state index in [4.69, 9.17) is 0 Å². The summed E-state index contributed by atoms with van der Waals surface area (Å²) in [7, 11) is 0. The smallest absolute Gasteiger partial charge is 0.255 e. The number of aromatic hydroxyl groups is 1. The lowest BCUT2D eigenvalue weighted by molar-refractivity contribution is -0.0181. The predicted molar refractivity (Wildman–Crippen MR) is 114 cm³/mol. The van der Waals surface area contributed by atoms with Gasteiger partial charge in [-0.1, -0.05) is 42.5 Å². The van der Waals surface area contributed by atoms with Gasteiger partial charge < -0.3 is 15.5 Å². The molecule has 2 heterocycles. The van der Waals surface area contributed by atoms with Crippen molar-refractivity contribution in [3.63, 3.8) is 0 Å². The van der Waals surface area contributed by atoms with Crippen LogP contribution in [0.5, 0.6) is 5.75 Å². The minimum Gasteiger partial charge on any atom is -0.507 e. The maximum atomic E-state index is 13.0. The zero-order valence-electron chi connectivity index (χ0n) is 16.7. The molecule has 0 saturated carbocycles. The minimum atomic E-state index is -0.950. The third kappa shape index (κ3) is 4.07. The standard InChI is InChI=1S/C22H24N4O3S/c1-15-24-25-20(30-15)14-26-12-11-22(19(28)13-26,16-7-3-2-4-8-16)23-21(29)17-9-5-6-10-18(17)27/h2-10,19,27-28H,11-14H2,1H3,(H,23,29)/t19-,22-/m1/s1. The van der Waals surface area contributed by atoms with Crippen molar-refractivity contribution in [1.82, 2.24) is 20.4 Å². The van der Waals surface area contributed by atoms with Crippen molar-refractivity contribution in [1.29, 1.82) is 0 Å². The molecule has 2 aromatic carbocycles. The van der Waals surface area contributed by atoms with Gasteiger partial charge in [-0.2, -0.15) is 0 Å². The molecule has 3 N–H and O–H groups in total. The number of piperidine rings is 1. The molecule has 1 aliphatic rings. The van der Waals surface area contributed by atoms with Crippen LogP contribution < -0.4 is 5.32 Å². The van der Waals surface area contributed by atoms with E-state index in [0.29, 0.717) is 26.1 Å². The van der Waals surface area contributed by atoms with E-state index < -0.39 is 17.6 Å². The highest BCUT2D eigenvalue weighted by Gasteiger charge is 2.45. The fourth-order valence-corrected chi connectivity index (χ4v) is 4.71. The number of benzene rings is 2. The van der Waals surface area contributed by atoms with Crippen LogP contribution >= 0.6 is 11.3 Å². The van der Waals surface area contributed by atoms with Crippen molar-refractivity contribution >= 4 is 17.2 Å². The van der Waals surface area contributed by atoms with Gasteiger partial charge in [-0.05, 0) is 31.0 Å². The number of aryl methyl sites for hydroxylation is 1. The summed E-state index contributed by atoms with van der Waals surface area (Å²) in [6.45, 7) is 3.59. The number of β-amino-alcohol motifs (C(OH)–C–C–N with tert-alkyl or cyclic N) is 1. The van der Waals surface area contributed by atoms with Crippen LogP contribution in [0.4, 0.5) is 0 Å². The molecule has 8 heteroatoms. The van der Waals surface area contributed by atoms with Crippen molar-refractivity contribution in [3.8, 4) is 5.75 Å². The number of aromatic nitrogens is 2. The lowest BCUT2D eigenvalue weighted by Gasteiger charge is -2.46. The molecule has 4 rings (SSSR count). The van der Waals surface area contributed by atoms with Gasteiger partial charge in [0, 0.05) is 13.1 Å². The van der Waals surface area contributed by atoms with E-state index in [1.165, 1.54) is 6.07 Å². The van der Waals surface area contributed by atoms with E-state index in [0.717, 1.165) is 15.6 Å². The molecule has 0 aliphatic carbocycles. The number of amides is 1. The van der Waals surface area contributed by atoms with Crippen LogP contribution in [0, 0.1) is 6.92 Å². The van der Waals surface area contributed by atoms with Crippen LogP contribution in [0.3, 0.4) is 0 Å². The quantitative estimate of drug-likeness (QED) is 0.582. The topological polar surface area (TPSA) is 98.6 Å². The van der Waals surface area contributed by atoms with Gasteiger partial charge in [-0.3, -0.25) is 9.69 Å². The monoisotopic (exact) mass is 424 g/mol. The normalized spacial score (nSPS) is 22.0. The Hall–Kier alpha value is -2.81. The lowest BCUT2D eigenvalue weighted by Crippen LogP contribution is -2.61. The number of phenols is 1. The molecule has 1 saturated heterocycles. The number of rotatable bonds is 5. The SMILES string of the molecule is Cc1nnc(CN2CC[C@@](NC(=O)c3ccccc3O)(c3ccccc3)[C@H](O)C2)s1. The molecular weight excluding hydrogens is 400 g/mol. The number of nitrogens with one attached hydrogen (secondary N) is 1. The molecule has 7 nitrogen and oxygen atoms in total. The second-order valence-corrected chi connectivity index (χ2v) is 8.79. The van der Waals surface area contributed by atoms with Crippen molar-refractivity contribution in [3.05, 3.63) is 75.7 Å². The number of aliphatic hydroxyl groups excluding tert-OH is 1. The van der Waals surface area contributed by atoms with Crippen LogP contribution in [-0.2, 0) is 12.1 Å². The Morgan fingerprint density at radius 3 is 2.60 bits per heavy atom. The van der Waals surface area contributed by atoms with Gasteiger partial charge in [-0.25, -0.2) is 0 Å². The Kier molecular flexibility index (Phi) is 5.80. The summed E-state index contributed by atoms with van der Waals surface area (Å²) in [5, 5.41) is 34.4. The van der Waals surface area contributed by atoms with Crippen LogP contribution in [0.25, 0.3) is 0 Å². The fourth-order valence-electron chi connectivity index (χ4n) is 3.95. The molecule has 30 heavy (non-hydrogen) atoms. The molecule has 1 fully saturated rings. The van der Waals surface area contributed by atoms with Gasteiger partial charge in [0.2, 0.25) is 0 Å². The molecule has 2 atom stereocenters. The number of nitrogens with zero attached hydrogens (tertiary/aromatic N) is 3. The first-order chi connectivity index (χ1) is 14.5. The average Bonchev–Trinajstić information content (AvgIpc) is 3.15. The summed E-state index contributed by atoms with van der Waals surface area (Å²) in [5.74, 6) is -0.499. The second kappa shape index (κ2) is 8.51. The third-order valence-corrected chi connectivity index (χ3v) is 6.35. The zero-order valence-corrected chi connectivity index (χ0v) is 17.5. The molecular formula is C22H24N4O3S. The molecule has 0 bridgehead atoms. The largest absolute Gasteiger partial charge is 0.507 e. The molecule has 1 aliphatic heterocycles. The average molecular weight is 425 g/mol. The summed E-state index contributed by atoms with van der Waals surface area (Å²) in [5.41, 5.74) is 0.0770. The molecule has 0 radical (unpaired) electrons. The number of para-hydroxylation sites is 1. The molecule has 156 valence electrons. The van der Waals surface area contributed by atoms with Gasteiger partial charge in [-0.15, -0.1) is 21.5 Å². The van der Waals surface area contributed by atoms with Gasteiger partial charge in [0.1, 0.15) is 15.8 Å². The van der Waals surface area contributed by atoms with Gasteiger partial charge in [0.05, 0.1) is 23.8 Å². The van der Waals surface area contributed by atoms with E-state index in [1.807, 2.05) is 37.3 Å². The first kappa shape index (κ1) is 20.5. The summed E-state index contributed by atoms with van der Waals surface area (Å²) >= 11 is 1.55. The highest BCUT2D eigenvalue weighted by atomic mass is 32.1. The maximum Gasteiger partial charge on any atom is 0.255 e. The first-order valence-electron chi connectivity index (χ1n) is 9.83. The number of likely N-dealkylation sites (tertiary alicyclic amines) is 1. The van der Waals surface area contributed by atoms with Crippen molar-refractivity contribution in [2.45, 2.75) is 31.5 Å². The number of carbonyl (C=O) groups excluding carboxylic acids is 1. The van der Waals surface area contributed by atoms with E-state index in [2.05, 4.69) is 20.4 Å². The van der Waals surface area contributed by atoms with Crippen LogP contribution in [0.15, 0.2) is 54.6 Å². The van der Waals surface area contributed by atoms with E-state index in [1.54, 1.807) is 29.5 Å². The number of hydrogen-bond donors (Lipinski definition) is 3. The first-order valence-corrected chi connectivity index (χ1v) is 10.6. The van der Waals surface area contributed by atoms with Crippen molar-refractivity contribution < 1.29 is 15.0 Å². The van der Waals surface area contributed by atoms with Crippen LogP contribution in [-0.4, -0.2) is 50.4 Å². The highest BCUT2D eigenvalue weighted by Crippen LogP contribution is 2.35. The molecule has 0 unspecified atom stereocenters. The summed E-state index contributed by atoms with van der Waals surface area (Å²) in [6, 6.07) is 15.9. The van der Waals surface area contributed by atoms with Crippen LogP contribution in [0.2, 0.25) is 0 Å². The fraction of sp³-hybridized carbons (Fsp3) is 0.318. The predicted octanol–water partition coefficient (Wildman–Crippen LogP) is 2.44. The summed E-state index contributed by atoms with van der Waals surface area (Å²) in [4.78, 5) is 15.1. The minimum absolute atomic E-state index is 0.0863. The van der Waals surface area contributed by atoms with Crippen molar-refractivity contribution in [2.75, 3.05) is 13.1 Å². The Morgan fingerprint density at radius 2 is 1.93 bits per heavy atom. The summed E-state index contributed by atoms with van der Waals surface area (Å²) in [6.07, 6.45) is -0.313. The Balaban J connectivity index is 1.59. The Morgan fingerprint density at radius 1 is 1.20 bits per heavy atom. The van der Waals surface area contributed by atoms with E-state index >= 15 is 0 Å². The number of aliphatic hydroxyl groups is 1. The van der Waals surface area contributed by atoms with Gasteiger partial charge in [0.25, 0.3) is 5.91 Å². The number of carbonyl (C=O) groups is 1. The molecule has 1 amide bonds. The number of hydrogen-bond acceptors (Lipinski definition) is 7. The maximum absolute atomic E-state index is 13.0. The second-order valence-electron chi connectivity index (χ2n) is 7.52. The Bertz CT molecular complexity index is 1030. The third-order valence-electron chi connectivity index (χ3n) is 5.52. The van der Waals surface area contributed by atoms with E-state index in [-0.39, 0.29) is 11.3 Å². The summed E-state index contributed by atoms with van der Waals surface area (Å²) < 4.78 is 0. The van der Waals surface area contributed by atoms with Crippen molar-refractivity contribution in [2.24, 2.45) is 0 Å². The van der Waals surface area contributed by atoms with Gasteiger partial charge in [0.15, 0.2) is 0 Å². The number of phenolic OH excluding ortho intramolecular Hbond substituents is 1. The van der Waals surface area contributed by atoms with E-state index in [9.17, 15) is 15.0 Å². The zero-order chi connectivity index (χ0) is 21.1. The lowest BCUT2D eigenvalue weighted by atomic mass is 9.78. The molecule has 3 aromatic rings. The van der Waals surface area contributed by atoms with Gasteiger partial charge >= 0.3 is 0 Å². The van der Waals surface area contributed by atoms with Crippen LogP contribution in [0.1, 0.15) is 32.4 Å². The Labute approximate surface area is 179 Å². The molecule has 1 aromatic heterocycles.